The molecule has 0 saturated heterocycles. The van der Waals surface area contributed by atoms with Crippen LogP contribution in [-0.2, 0) is 0 Å². The summed E-state index contributed by atoms with van der Waals surface area (Å²) in [4.78, 5) is 27.3. The molecule has 1 aromatic heterocycles. The van der Waals surface area contributed by atoms with Crippen LogP contribution in [0.4, 0.5) is 5.69 Å². The van der Waals surface area contributed by atoms with Gasteiger partial charge in [-0.1, -0.05) is 12.1 Å². The third kappa shape index (κ3) is 2.83. The van der Waals surface area contributed by atoms with Gasteiger partial charge in [-0.2, -0.15) is 0 Å². The molecule has 0 fully saturated rings. The van der Waals surface area contributed by atoms with Gasteiger partial charge in [-0.3, -0.25) is 9.78 Å². The summed E-state index contributed by atoms with van der Waals surface area (Å²) in [5, 5.41) is 11.9. The van der Waals surface area contributed by atoms with Crippen molar-refractivity contribution in [1.82, 2.24) is 4.98 Å². The number of aryl methyl sites for hydroxylation is 2. The van der Waals surface area contributed by atoms with Crippen LogP contribution < -0.4 is 5.32 Å². The van der Waals surface area contributed by atoms with E-state index in [1.807, 2.05) is 13.0 Å². The van der Waals surface area contributed by atoms with Crippen LogP contribution in [0.1, 0.15) is 32.0 Å². The van der Waals surface area contributed by atoms with Crippen LogP contribution in [0.2, 0.25) is 0 Å². The molecule has 0 aliphatic heterocycles. The number of nitrogens with one attached hydrogen (secondary N) is 1. The van der Waals surface area contributed by atoms with E-state index >= 15 is 0 Å². The fourth-order valence-electron chi connectivity index (χ4n) is 1.98. The normalized spacial score (nSPS) is 10.1. The van der Waals surface area contributed by atoms with Gasteiger partial charge in [-0.15, -0.1) is 0 Å². The maximum atomic E-state index is 12.1. The number of anilines is 1. The number of nitrogens with zero attached hydrogens (tertiary/aromatic N) is 1. The Balaban J connectivity index is 2.39. The van der Waals surface area contributed by atoms with E-state index in [1.54, 1.807) is 25.1 Å². The molecule has 102 valence electrons. The number of aromatic carboxylic acids is 1. The van der Waals surface area contributed by atoms with Gasteiger partial charge in [0, 0.05) is 6.20 Å². The van der Waals surface area contributed by atoms with E-state index in [2.05, 4.69) is 10.3 Å². The maximum absolute atomic E-state index is 12.1. The lowest BCUT2D eigenvalue weighted by Gasteiger charge is -2.12. The molecule has 0 atom stereocenters. The van der Waals surface area contributed by atoms with Crippen molar-refractivity contribution < 1.29 is 14.7 Å². The van der Waals surface area contributed by atoms with Crippen molar-refractivity contribution in [2.45, 2.75) is 13.8 Å². The standard InChI is InChI=1S/C15H14N2O3/c1-9-7-10(2)13(11(8-9)15(19)20)17-14(18)12-5-3-4-6-16-12/h3-8H,1-2H3,(H,17,18)(H,19,20). The quantitative estimate of drug-likeness (QED) is 0.898. The first-order valence-corrected chi connectivity index (χ1v) is 6.06. The SMILES string of the molecule is Cc1cc(C)c(NC(=O)c2ccccn2)c(C(=O)O)c1. The molecule has 0 bridgehead atoms. The number of hydrogen-bond acceptors (Lipinski definition) is 3. The fourth-order valence-corrected chi connectivity index (χ4v) is 1.98. The van der Waals surface area contributed by atoms with E-state index in [9.17, 15) is 14.7 Å². The number of carboxylic acids is 1. The Labute approximate surface area is 116 Å². The molecule has 2 N–H and O–H groups in total. The summed E-state index contributed by atoms with van der Waals surface area (Å²) in [6, 6.07) is 8.32. The second-order valence-electron chi connectivity index (χ2n) is 4.48. The Bertz CT molecular complexity index is 666. The lowest BCUT2D eigenvalue weighted by molar-refractivity contribution is 0.0698. The van der Waals surface area contributed by atoms with Crippen LogP contribution >= 0.6 is 0 Å². The molecule has 5 heteroatoms. The number of amides is 1. The third-order valence-electron chi connectivity index (χ3n) is 2.85. The van der Waals surface area contributed by atoms with Gasteiger partial charge < -0.3 is 10.4 Å². The first-order valence-electron chi connectivity index (χ1n) is 6.06. The summed E-state index contributed by atoms with van der Waals surface area (Å²) in [5.41, 5.74) is 2.15. The Kier molecular flexibility index (Phi) is 3.79. The molecule has 1 amide bonds. The van der Waals surface area contributed by atoms with Gasteiger partial charge in [0.1, 0.15) is 5.69 Å². The van der Waals surface area contributed by atoms with Gasteiger partial charge >= 0.3 is 5.97 Å². The fraction of sp³-hybridized carbons (Fsp3) is 0.133. The monoisotopic (exact) mass is 270 g/mol. The molecule has 0 unspecified atom stereocenters. The highest BCUT2D eigenvalue weighted by molar-refractivity contribution is 6.07. The van der Waals surface area contributed by atoms with E-state index in [0.29, 0.717) is 11.3 Å². The molecule has 1 aromatic carbocycles. The highest BCUT2D eigenvalue weighted by Crippen LogP contribution is 2.23. The summed E-state index contributed by atoms with van der Waals surface area (Å²) < 4.78 is 0. The van der Waals surface area contributed by atoms with Gasteiger partial charge in [0.05, 0.1) is 11.3 Å². The Morgan fingerprint density at radius 1 is 1.20 bits per heavy atom. The third-order valence-corrected chi connectivity index (χ3v) is 2.85. The zero-order valence-electron chi connectivity index (χ0n) is 11.2. The molecule has 0 spiro atoms. The molecule has 20 heavy (non-hydrogen) atoms. The Hall–Kier alpha value is -2.69. The molecule has 0 saturated carbocycles. The minimum absolute atomic E-state index is 0.0757. The van der Waals surface area contributed by atoms with Gasteiger partial charge in [-0.05, 0) is 43.2 Å². The molecule has 2 aromatic rings. The molecule has 0 aliphatic carbocycles. The average molecular weight is 270 g/mol. The predicted molar refractivity (Wildman–Crippen MR) is 75.1 cm³/mol. The number of carbonyl (C=O) groups excluding carboxylic acids is 1. The van der Waals surface area contributed by atoms with E-state index in [1.165, 1.54) is 12.3 Å². The number of rotatable bonds is 3. The van der Waals surface area contributed by atoms with Crippen LogP contribution in [0.5, 0.6) is 0 Å². The second-order valence-corrected chi connectivity index (χ2v) is 4.48. The van der Waals surface area contributed by atoms with Crippen LogP contribution in [0.15, 0.2) is 36.5 Å². The Morgan fingerprint density at radius 2 is 1.95 bits per heavy atom. The van der Waals surface area contributed by atoms with E-state index in [0.717, 1.165) is 5.56 Å². The summed E-state index contributed by atoms with van der Waals surface area (Å²) >= 11 is 0. The number of carbonyl (C=O) groups is 2. The van der Waals surface area contributed by atoms with Gasteiger partial charge in [0.25, 0.3) is 5.91 Å². The zero-order valence-corrected chi connectivity index (χ0v) is 11.2. The molecule has 5 nitrogen and oxygen atoms in total. The van der Waals surface area contributed by atoms with Gasteiger partial charge in [0.15, 0.2) is 0 Å². The van der Waals surface area contributed by atoms with Crippen molar-refractivity contribution >= 4 is 17.6 Å². The van der Waals surface area contributed by atoms with Crippen LogP contribution in [0.3, 0.4) is 0 Å². The van der Waals surface area contributed by atoms with Gasteiger partial charge in [0.2, 0.25) is 0 Å². The molecule has 0 radical (unpaired) electrons. The first kappa shape index (κ1) is 13.7. The van der Waals surface area contributed by atoms with E-state index < -0.39 is 11.9 Å². The predicted octanol–water partition coefficient (Wildman–Crippen LogP) is 2.65. The smallest absolute Gasteiger partial charge is 0.337 e. The van der Waals surface area contributed by atoms with Crippen LogP contribution in [-0.4, -0.2) is 22.0 Å². The van der Waals surface area contributed by atoms with Crippen molar-refractivity contribution in [3.63, 3.8) is 0 Å². The second kappa shape index (κ2) is 5.52. The van der Waals surface area contributed by atoms with Crippen molar-refractivity contribution in [3.8, 4) is 0 Å². The molecule has 1 heterocycles. The summed E-state index contributed by atoms with van der Waals surface area (Å²) in [7, 11) is 0. The first-order chi connectivity index (χ1) is 9.49. The molecule has 2 rings (SSSR count). The number of pyridine rings is 1. The molecular weight excluding hydrogens is 256 g/mol. The topological polar surface area (TPSA) is 79.3 Å². The number of carboxylic acid groups (broad SMARTS) is 1. The summed E-state index contributed by atoms with van der Waals surface area (Å²) in [6.07, 6.45) is 1.51. The largest absolute Gasteiger partial charge is 0.478 e. The van der Waals surface area contributed by atoms with Crippen molar-refractivity contribution in [3.05, 3.63) is 58.9 Å². The van der Waals surface area contributed by atoms with Crippen molar-refractivity contribution in [1.29, 1.82) is 0 Å². The maximum Gasteiger partial charge on any atom is 0.337 e. The summed E-state index contributed by atoms with van der Waals surface area (Å²) in [5.74, 6) is -1.51. The highest BCUT2D eigenvalue weighted by Gasteiger charge is 2.16. The van der Waals surface area contributed by atoms with Crippen LogP contribution in [0, 0.1) is 13.8 Å². The lowest BCUT2D eigenvalue weighted by Crippen LogP contribution is -2.17. The minimum Gasteiger partial charge on any atom is -0.478 e. The molecule has 0 aliphatic rings. The highest BCUT2D eigenvalue weighted by atomic mass is 16.4. The van der Waals surface area contributed by atoms with E-state index in [4.69, 9.17) is 0 Å². The van der Waals surface area contributed by atoms with E-state index in [-0.39, 0.29) is 11.3 Å². The lowest BCUT2D eigenvalue weighted by atomic mass is 10.0. The van der Waals surface area contributed by atoms with Gasteiger partial charge in [-0.25, -0.2) is 4.79 Å². The van der Waals surface area contributed by atoms with Crippen molar-refractivity contribution in [2.24, 2.45) is 0 Å². The summed E-state index contributed by atoms with van der Waals surface area (Å²) in [6.45, 7) is 3.57. The van der Waals surface area contributed by atoms with Crippen molar-refractivity contribution in [2.75, 3.05) is 5.32 Å². The zero-order chi connectivity index (χ0) is 14.7. The number of aromatic nitrogens is 1. The molecular formula is C15H14N2O3. The minimum atomic E-state index is -1.08. The number of hydrogen-bond donors (Lipinski definition) is 2. The Morgan fingerprint density at radius 3 is 2.55 bits per heavy atom. The average Bonchev–Trinajstić information content (AvgIpc) is 2.42. The van der Waals surface area contributed by atoms with Crippen LogP contribution in [0.25, 0.3) is 0 Å². The number of benzene rings is 1.